The summed E-state index contributed by atoms with van der Waals surface area (Å²) >= 11 is 0. The van der Waals surface area contributed by atoms with Gasteiger partial charge in [0.2, 0.25) is 0 Å². The lowest BCUT2D eigenvalue weighted by atomic mass is 9.89. The van der Waals surface area contributed by atoms with Crippen LogP contribution in [0.25, 0.3) is 0 Å². The van der Waals surface area contributed by atoms with Gasteiger partial charge in [-0.2, -0.15) is 5.26 Å². The highest BCUT2D eigenvalue weighted by Crippen LogP contribution is 2.22. The Bertz CT molecular complexity index is 546. The van der Waals surface area contributed by atoms with Crippen molar-refractivity contribution in [2.75, 3.05) is 5.75 Å². The summed E-state index contributed by atoms with van der Waals surface area (Å²) in [5, 5.41) is 18.0. The number of aromatic carboxylic acids is 1. The molecule has 0 bridgehead atoms. The van der Waals surface area contributed by atoms with Crippen LogP contribution in [0, 0.1) is 16.7 Å². The molecule has 0 aliphatic heterocycles. The van der Waals surface area contributed by atoms with Crippen LogP contribution in [-0.4, -0.2) is 21.0 Å². The lowest BCUT2D eigenvalue weighted by molar-refractivity contribution is 0.0693. The van der Waals surface area contributed by atoms with Gasteiger partial charge < -0.3 is 5.11 Å². The third-order valence-corrected chi connectivity index (χ3v) is 4.55. The minimum Gasteiger partial charge on any atom is -0.478 e. The van der Waals surface area contributed by atoms with Crippen LogP contribution in [0.5, 0.6) is 0 Å². The van der Waals surface area contributed by atoms with Gasteiger partial charge in [0.25, 0.3) is 0 Å². The minimum absolute atomic E-state index is 0.100. The van der Waals surface area contributed by atoms with Gasteiger partial charge in [0, 0.05) is 5.75 Å². The number of unbranched alkanes of at least 4 members (excludes halogenated alkanes) is 1. The normalized spacial score (nSPS) is 12.7. The summed E-state index contributed by atoms with van der Waals surface area (Å²) in [5.74, 6) is -0.634. The lowest BCUT2D eigenvalue weighted by Crippen LogP contribution is -2.09. The van der Waals surface area contributed by atoms with Gasteiger partial charge >= 0.3 is 5.97 Å². The molecule has 0 aliphatic carbocycles. The monoisotopic (exact) mass is 293 g/mol. The molecule has 20 heavy (non-hydrogen) atoms. The Morgan fingerprint density at radius 1 is 1.35 bits per heavy atom. The first-order chi connectivity index (χ1) is 9.37. The van der Waals surface area contributed by atoms with E-state index >= 15 is 0 Å². The molecule has 0 aromatic heterocycles. The second-order valence-electron chi connectivity index (χ2n) is 5.30. The Labute approximate surface area is 121 Å². The zero-order valence-electron chi connectivity index (χ0n) is 11.8. The van der Waals surface area contributed by atoms with E-state index in [1.54, 1.807) is 18.2 Å². The Morgan fingerprint density at radius 3 is 2.60 bits per heavy atom. The van der Waals surface area contributed by atoms with Crippen molar-refractivity contribution in [3.05, 3.63) is 29.8 Å². The summed E-state index contributed by atoms with van der Waals surface area (Å²) in [5.41, 5.74) is -0.260. The lowest BCUT2D eigenvalue weighted by Gasteiger charge is -2.14. The molecule has 4 nitrogen and oxygen atoms in total. The van der Waals surface area contributed by atoms with Crippen LogP contribution in [0.3, 0.4) is 0 Å². The van der Waals surface area contributed by atoms with Crippen molar-refractivity contribution >= 4 is 16.8 Å². The van der Waals surface area contributed by atoms with Gasteiger partial charge in [-0.25, -0.2) is 4.79 Å². The van der Waals surface area contributed by atoms with E-state index in [1.165, 1.54) is 6.07 Å². The average Bonchev–Trinajstić information content (AvgIpc) is 2.43. The molecule has 0 saturated carbocycles. The molecule has 0 saturated heterocycles. The summed E-state index contributed by atoms with van der Waals surface area (Å²) in [6.45, 7) is 3.76. The Morgan fingerprint density at radius 2 is 2.00 bits per heavy atom. The molecule has 108 valence electrons. The molecule has 0 amide bonds. The standard InChI is InChI=1S/C15H19NO3S/c1-15(2,11-16)9-5-6-10-20(19)13-8-4-3-7-12(13)14(17)18/h3-4,7-8H,5-6,9-10H2,1-2H3,(H,17,18). The van der Waals surface area contributed by atoms with Crippen molar-refractivity contribution in [1.82, 2.24) is 0 Å². The SMILES string of the molecule is CC(C)(C#N)CCCCS(=O)c1ccccc1C(=O)O. The molecule has 1 N–H and O–H groups in total. The number of nitrogens with zero attached hydrogens (tertiary/aromatic N) is 1. The number of carbonyl (C=O) groups is 1. The quantitative estimate of drug-likeness (QED) is 0.783. The maximum Gasteiger partial charge on any atom is 0.336 e. The van der Waals surface area contributed by atoms with E-state index in [0.717, 1.165) is 12.8 Å². The van der Waals surface area contributed by atoms with E-state index in [-0.39, 0.29) is 11.0 Å². The highest BCUT2D eigenvalue weighted by atomic mass is 32.2. The van der Waals surface area contributed by atoms with Crippen molar-refractivity contribution < 1.29 is 14.1 Å². The first kappa shape index (κ1) is 16.4. The fourth-order valence-electron chi connectivity index (χ4n) is 1.81. The van der Waals surface area contributed by atoms with Gasteiger partial charge in [0.05, 0.1) is 32.7 Å². The summed E-state index contributed by atoms with van der Waals surface area (Å²) in [6.07, 6.45) is 2.27. The van der Waals surface area contributed by atoms with Crippen LogP contribution in [0.15, 0.2) is 29.2 Å². The van der Waals surface area contributed by atoms with E-state index in [4.69, 9.17) is 10.4 Å². The number of nitriles is 1. The molecule has 0 fully saturated rings. The predicted molar refractivity (Wildman–Crippen MR) is 77.9 cm³/mol. The Hall–Kier alpha value is -1.67. The third kappa shape index (κ3) is 4.78. The van der Waals surface area contributed by atoms with Crippen molar-refractivity contribution in [3.8, 4) is 6.07 Å². The highest BCUT2D eigenvalue weighted by molar-refractivity contribution is 7.85. The molecule has 1 atom stereocenters. The zero-order valence-corrected chi connectivity index (χ0v) is 12.6. The van der Waals surface area contributed by atoms with E-state index < -0.39 is 16.8 Å². The highest BCUT2D eigenvalue weighted by Gasteiger charge is 2.17. The smallest absolute Gasteiger partial charge is 0.336 e. The van der Waals surface area contributed by atoms with Gasteiger partial charge in [-0.1, -0.05) is 18.6 Å². The van der Waals surface area contributed by atoms with Gasteiger partial charge in [0.1, 0.15) is 0 Å². The van der Waals surface area contributed by atoms with E-state index in [9.17, 15) is 9.00 Å². The number of hydrogen-bond donors (Lipinski definition) is 1. The van der Waals surface area contributed by atoms with Crippen molar-refractivity contribution in [2.24, 2.45) is 5.41 Å². The molecule has 1 aromatic rings. The number of benzene rings is 1. The summed E-state index contributed by atoms with van der Waals surface area (Å²) in [4.78, 5) is 11.4. The van der Waals surface area contributed by atoms with Gasteiger partial charge in [-0.3, -0.25) is 4.21 Å². The molecule has 0 spiro atoms. The van der Waals surface area contributed by atoms with Crippen LogP contribution >= 0.6 is 0 Å². The van der Waals surface area contributed by atoms with Crippen LogP contribution < -0.4 is 0 Å². The fraction of sp³-hybridized carbons (Fsp3) is 0.467. The molecule has 5 heteroatoms. The number of carboxylic acids is 1. The van der Waals surface area contributed by atoms with Crippen molar-refractivity contribution in [3.63, 3.8) is 0 Å². The maximum atomic E-state index is 12.1. The first-order valence-electron chi connectivity index (χ1n) is 6.49. The number of rotatable bonds is 7. The largest absolute Gasteiger partial charge is 0.478 e. The zero-order chi connectivity index (χ0) is 15.2. The molecule has 0 heterocycles. The molecule has 1 unspecified atom stereocenters. The van der Waals surface area contributed by atoms with Crippen LogP contribution in [-0.2, 0) is 10.8 Å². The summed E-state index contributed by atoms with van der Waals surface area (Å²) in [7, 11) is -1.31. The average molecular weight is 293 g/mol. The molecule has 1 aromatic carbocycles. The molecule has 0 aliphatic rings. The topological polar surface area (TPSA) is 78.2 Å². The molecule has 1 rings (SSSR count). The van der Waals surface area contributed by atoms with Crippen molar-refractivity contribution in [1.29, 1.82) is 5.26 Å². The molecule has 0 radical (unpaired) electrons. The fourth-order valence-corrected chi connectivity index (χ4v) is 3.13. The van der Waals surface area contributed by atoms with E-state index in [2.05, 4.69) is 6.07 Å². The maximum absolute atomic E-state index is 12.1. The van der Waals surface area contributed by atoms with Crippen LogP contribution in [0.2, 0.25) is 0 Å². The van der Waals surface area contributed by atoms with Gasteiger partial charge in [0.15, 0.2) is 0 Å². The van der Waals surface area contributed by atoms with Gasteiger partial charge in [-0.05, 0) is 38.8 Å². The Balaban J connectivity index is 2.57. The first-order valence-corrected chi connectivity index (χ1v) is 7.81. The van der Waals surface area contributed by atoms with E-state index in [0.29, 0.717) is 17.1 Å². The predicted octanol–water partition coefficient (Wildman–Crippen LogP) is 3.21. The second-order valence-corrected chi connectivity index (χ2v) is 6.84. The van der Waals surface area contributed by atoms with Crippen LogP contribution in [0.1, 0.15) is 43.5 Å². The molecular weight excluding hydrogens is 274 g/mol. The summed E-state index contributed by atoms with van der Waals surface area (Å²) < 4.78 is 12.1. The second kappa shape index (κ2) is 7.20. The van der Waals surface area contributed by atoms with Gasteiger partial charge in [-0.15, -0.1) is 0 Å². The summed E-state index contributed by atoms with van der Waals surface area (Å²) in [6, 6.07) is 8.61. The number of carboxylic acid groups (broad SMARTS) is 1. The third-order valence-electron chi connectivity index (χ3n) is 3.05. The van der Waals surface area contributed by atoms with E-state index in [1.807, 2.05) is 13.8 Å². The molecular formula is C15H19NO3S. The minimum atomic E-state index is -1.31. The van der Waals surface area contributed by atoms with Crippen molar-refractivity contribution in [2.45, 2.75) is 38.0 Å². The number of hydrogen-bond acceptors (Lipinski definition) is 3. The Kier molecular flexibility index (Phi) is 5.90. The van der Waals surface area contributed by atoms with Crippen LogP contribution in [0.4, 0.5) is 0 Å².